The molecule has 0 radical (unpaired) electrons. The molecule has 1 saturated carbocycles. The predicted octanol–water partition coefficient (Wildman–Crippen LogP) is 4.30. The molecule has 1 saturated heterocycles. The smallest absolute Gasteiger partial charge is 0.312 e. The average Bonchev–Trinajstić information content (AvgIpc) is 3.45. The minimum atomic E-state index is -2.05. The number of ether oxygens (including phenoxy) is 4. The van der Waals surface area contributed by atoms with Crippen LogP contribution in [0.4, 0.5) is 8.78 Å². The van der Waals surface area contributed by atoms with E-state index >= 15 is 0 Å². The maximum absolute atomic E-state index is 14.5. The van der Waals surface area contributed by atoms with E-state index in [-0.39, 0.29) is 18.5 Å². The van der Waals surface area contributed by atoms with Gasteiger partial charge in [0.25, 0.3) is 5.79 Å². The van der Waals surface area contributed by atoms with Gasteiger partial charge in [0.15, 0.2) is 14.1 Å². The van der Waals surface area contributed by atoms with Crippen molar-refractivity contribution in [1.29, 1.82) is 0 Å². The second kappa shape index (κ2) is 11.0. The van der Waals surface area contributed by atoms with Crippen LogP contribution < -0.4 is 4.74 Å². The number of hydrogen-bond acceptors (Lipinski definition) is 8. The van der Waals surface area contributed by atoms with Crippen LogP contribution in [-0.4, -0.2) is 65.6 Å². The zero-order valence-electron chi connectivity index (χ0n) is 20.0. The molecule has 3 aliphatic rings. The van der Waals surface area contributed by atoms with Crippen molar-refractivity contribution < 1.29 is 42.2 Å². The van der Waals surface area contributed by atoms with Crippen LogP contribution in [0.2, 0.25) is 0 Å². The Balaban J connectivity index is 1.66. The normalized spacial score (nSPS) is 32.0. The lowest BCUT2D eigenvalue weighted by Gasteiger charge is -2.41. The molecule has 1 aromatic carbocycles. The Bertz CT molecular complexity index is 985. The van der Waals surface area contributed by atoms with E-state index in [1.54, 1.807) is 0 Å². The van der Waals surface area contributed by atoms with Crippen LogP contribution in [-0.2, 0) is 23.6 Å². The van der Waals surface area contributed by atoms with Crippen LogP contribution in [0.25, 0.3) is 0 Å². The van der Waals surface area contributed by atoms with Gasteiger partial charge in [-0.2, -0.15) is 0 Å². The fraction of sp³-hybridized carbons (Fsp3) is 0.600. The zero-order chi connectivity index (χ0) is 25.8. The van der Waals surface area contributed by atoms with Crippen LogP contribution in [0.5, 0.6) is 5.75 Å². The molecule has 5 atom stereocenters. The number of allylic oxidation sites excluding steroid dienone is 1. The number of carbonyl (C=O) groups is 1. The van der Waals surface area contributed by atoms with Gasteiger partial charge in [-0.15, -0.1) is 0 Å². The lowest BCUT2D eigenvalue weighted by atomic mass is 9.97. The summed E-state index contributed by atoms with van der Waals surface area (Å²) in [6.45, 7) is 0.461. The summed E-state index contributed by atoms with van der Waals surface area (Å²) in [5.41, 5.74) is -1.99. The molecule has 1 aromatic rings. The first-order valence-corrected chi connectivity index (χ1v) is 12.8. The highest BCUT2D eigenvalue weighted by molar-refractivity contribution is 7.26. The third kappa shape index (κ3) is 5.67. The summed E-state index contributed by atoms with van der Waals surface area (Å²) in [5, 5.41) is 8.64. The summed E-state index contributed by atoms with van der Waals surface area (Å²) in [5.74, 6) is -3.11. The average molecular weight is 525 g/mol. The number of aliphatic hydroxyl groups excluding tert-OH is 1. The fourth-order valence-corrected chi connectivity index (χ4v) is 5.23. The molecule has 0 spiro atoms. The Hall–Kier alpha value is -2.26. The molecule has 2 aliphatic heterocycles. The van der Waals surface area contributed by atoms with Crippen LogP contribution in [0.3, 0.4) is 0 Å². The number of alkyl halides is 1. The number of benzene rings is 1. The SMILES string of the molecule is CC1(F)COC(COC(CC(=O)OC2CCCCC2)(Oc2ccc(F)cc2)C2(P=O)C=CC=N2)C1O. The van der Waals surface area contributed by atoms with Crippen molar-refractivity contribution in [3.05, 3.63) is 42.2 Å². The third-order valence-electron chi connectivity index (χ3n) is 6.74. The number of hydrogen-bond donors (Lipinski definition) is 1. The van der Waals surface area contributed by atoms with Gasteiger partial charge >= 0.3 is 5.97 Å². The van der Waals surface area contributed by atoms with Crippen molar-refractivity contribution in [3.8, 4) is 5.75 Å². The van der Waals surface area contributed by atoms with Gasteiger partial charge in [0, 0.05) is 6.21 Å². The van der Waals surface area contributed by atoms with Crippen molar-refractivity contribution in [2.24, 2.45) is 4.99 Å². The monoisotopic (exact) mass is 525 g/mol. The molecule has 5 unspecified atom stereocenters. The topological polar surface area (TPSA) is 104 Å². The second-order valence-corrected chi connectivity index (χ2v) is 10.4. The molecule has 0 amide bonds. The lowest BCUT2D eigenvalue weighted by molar-refractivity contribution is -0.224. The molecule has 11 heteroatoms. The molecule has 196 valence electrons. The molecule has 0 aromatic heterocycles. The summed E-state index contributed by atoms with van der Waals surface area (Å²) < 4.78 is 64.0. The van der Waals surface area contributed by atoms with Gasteiger partial charge in [0.05, 0.1) is 13.2 Å². The summed E-state index contributed by atoms with van der Waals surface area (Å²) in [6, 6.07) is 4.98. The number of esters is 1. The zero-order valence-corrected chi connectivity index (χ0v) is 20.9. The van der Waals surface area contributed by atoms with E-state index in [2.05, 4.69) is 4.99 Å². The van der Waals surface area contributed by atoms with E-state index in [9.17, 15) is 23.2 Å². The summed E-state index contributed by atoms with van der Waals surface area (Å²) in [6.07, 6.45) is 5.44. The van der Waals surface area contributed by atoms with Crippen molar-refractivity contribution >= 4 is 20.6 Å². The van der Waals surface area contributed by atoms with Gasteiger partial charge < -0.3 is 24.1 Å². The molecular weight excluding hydrogens is 495 g/mol. The highest BCUT2D eigenvalue weighted by Gasteiger charge is 2.59. The highest BCUT2D eigenvalue weighted by atomic mass is 31.1. The first-order valence-electron chi connectivity index (χ1n) is 12.0. The van der Waals surface area contributed by atoms with Crippen LogP contribution in [0.1, 0.15) is 45.4 Å². The van der Waals surface area contributed by atoms with Crippen molar-refractivity contribution in [1.82, 2.24) is 0 Å². The molecule has 8 nitrogen and oxygen atoms in total. The molecule has 1 N–H and O–H groups in total. The number of halogens is 2. The summed E-state index contributed by atoms with van der Waals surface area (Å²) in [7, 11) is -0.557. The molecule has 0 bridgehead atoms. The fourth-order valence-electron chi connectivity index (χ4n) is 4.64. The molecule has 2 fully saturated rings. The Labute approximate surface area is 209 Å². The minimum Gasteiger partial charge on any atom is -0.462 e. The van der Waals surface area contributed by atoms with E-state index in [0.717, 1.165) is 44.2 Å². The Morgan fingerprint density at radius 1 is 1.28 bits per heavy atom. The van der Waals surface area contributed by atoms with E-state index < -0.39 is 62.2 Å². The molecule has 2 heterocycles. The minimum absolute atomic E-state index is 0.114. The summed E-state index contributed by atoms with van der Waals surface area (Å²) >= 11 is 0. The number of rotatable bonds is 10. The van der Waals surface area contributed by atoms with Gasteiger partial charge in [0.1, 0.15) is 36.3 Å². The molecule has 4 rings (SSSR count). The number of aliphatic hydroxyl groups is 1. The Morgan fingerprint density at radius 3 is 2.58 bits per heavy atom. The van der Waals surface area contributed by atoms with E-state index in [0.29, 0.717) is 0 Å². The first-order chi connectivity index (χ1) is 17.2. The van der Waals surface area contributed by atoms with E-state index in [4.69, 9.17) is 18.9 Å². The van der Waals surface area contributed by atoms with Gasteiger partial charge in [0.2, 0.25) is 5.28 Å². The van der Waals surface area contributed by atoms with Crippen molar-refractivity contribution in [2.75, 3.05) is 13.2 Å². The number of nitrogens with zero attached hydrogens (tertiary/aromatic N) is 1. The quantitative estimate of drug-likeness (QED) is 0.276. The van der Waals surface area contributed by atoms with Crippen LogP contribution in [0.15, 0.2) is 41.4 Å². The lowest BCUT2D eigenvalue weighted by Crippen LogP contribution is -2.57. The number of carbonyl (C=O) groups excluding carboxylic acids is 1. The standard InChI is InChI=1S/C25H30F2NO7P/c1-23(27)16-32-20(22(23)30)15-33-25(24(36-31)12-5-13-28-24,35-19-10-8-17(26)9-11-19)14-21(29)34-18-6-3-2-4-7-18/h5,8-13,18,20,22,30H,2-4,6-7,14-16H2,1H3. The maximum Gasteiger partial charge on any atom is 0.312 e. The van der Waals surface area contributed by atoms with Gasteiger partial charge in [-0.3, -0.25) is 14.4 Å². The molecule has 36 heavy (non-hydrogen) atoms. The molecule has 1 aliphatic carbocycles. The van der Waals surface area contributed by atoms with Gasteiger partial charge in [-0.25, -0.2) is 8.78 Å². The second-order valence-electron chi connectivity index (χ2n) is 9.57. The first kappa shape index (κ1) is 26.8. The predicted molar refractivity (Wildman–Crippen MR) is 127 cm³/mol. The third-order valence-corrected chi connectivity index (χ3v) is 7.62. The van der Waals surface area contributed by atoms with Gasteiger partial charge in [-0.1, -0.05) is 6.42 Å². The van der Waals surface area contributed by atoms with Crippen LogP contribution in [0, 0.1) is 5.82 Å². The van der Waals surface area contributed by atoms with Crippen molar-refractivity contribution in [2.45, 2.75) is 80.5 Å². The summed E-state index contributed by atoms with van der Waals surface area (Å²) in [4.78, 5) is 17.5. The van der Waals surface area contributed by atoms with E-state index in [1.807, 2.05) is 0 Å². The van der Waals surface area contributed by atoms with E-state index in [1.165, 1.54) is 37.4 Å². The highest BCUT2D eigenvalue weighted by Crippen LogP contribution is 2.46. The molecular formula is C25H30F2NO7P. The maximum atomic E-state index is 14.5. The van der Waals surface area contributed by atoms with Crippen molar-refractivity contribution in [3.63, 3.8) is 0 Å². The Kier molecular flexibility index (Phi) is 8.19. The number of aliphatic imine (C=N–C) groups is 1. The van der Waals surface area contributed by atoms with Crippen LogP contribution >= 0.6 is 8.46 Å². The Morgan fingerprint density at radius 2 is 2.00 bits per heavy atom. The largest absolute Gasteiger partial charge is 0.462 e. The van der Waals surface area contributed by atoms with Gasteiger partial charge in [-0.05, 0) is 69.0 Å².